The fourth-order valence-electron chi connectivity index (χ4n) is 2.22. The third-order valence-corrected chi connectivity index (χ3v) is 4.75. The van der Waals surface area contributed by atoms with Crippen molar-refractivity contribution in [3.8, 4) is 0 Å². The highest BCUT2D eigenvalue weighted by Gasteiger charge is 2.21. The largest absolute Gasteiger partial charge is 0.316 e. The van der Waals surface area contributed by atoms with E-state index in [0.717, 1.165) is 31.5 Å². The Morgan fingerprint density at radius 2 is 2.28 bits per heavy atom. The van der Waals surface area contributed by atoms with Crippen LogP contribution in [0, 0.1) is 5.92 Å². The average molecular weight is 291 g/mol. The number of hydrogen-bond acceptors (Lipinski definition) is 4. The number of halogens is 1. The monoisotopic (exact) mass is 290 g/mol. The van der Waals surface area contributed by atoms with Crippen molar-refractivity contribution in [1.82, 2.24) is 10.3 Å². The summed E-state index contributed by atoms with van der Waals surface area (Å²) in [7, 11) is -3.01. The number of piperidine rings is 1. The highest BCUT2D eigenvalue weighted by Crippen LogP contribution is 2.15. The van der Waals surface area contributed by atoms with Crippen LogP contribution >= 0.6 is 12.4 Å². The minimum Gasteiger partial charge on any atom is -0.316 e. The molecule has 0 bridgehead atoms. The van der Waals surface area contributed by atoms with Crippen molar-refractivity contribution in [2.24, 2.45) is 5.92 Å². The maximum atomic E-state index is 12.0. The van der Waals surface area contributed by atoms with Gasteiger partial charge in [0, 0.05) is 12.4 Å². The van der Waals surface area contributed by atoms with Gasteiger partial charge in [-0.3, -0.25) is 4.98 Å². The minimum absolute atomic E-state index is 0. The standard InChI is InChI=1S/C12H18N2O2S.ClH/c15-17(16,9-11-3-1-5-13-7-11)10-12-4-2-6-14-8-12;/h1,3,5,7,12,14H,2,4,6,8-10H2;1H. The van der Waals surface area contributed by atoms with Crippen molar-refractivity contribution >= 4 is 22.2 Å². The molecule has 1 unspecified atom stereocenters. The number of nitrogens with one attached hydrogen (secondary N) is 1. The first kappa shape index (κ1) is 15.4. The Bertz CT molecular complexity index is 444. The maximum absolute atomic E-state index is 12.0. The zero-order valence-electron chi connectivity index (χ0n) is 10.2. The van der Waals surface area contributed by atoms with Crippen LogP contribution in [0.15, 0.2) is 24.5 Å². The van der Waals surface area contributed by atoms with Gasteiger partial charge in [0.25, 0.3) is 0 Å². The Labute approximate surface area is 115 Å². The number of sulfone groups is 1. The lowest BCUT2D eigenvalue weighted by molar-refractivity contribution is 0.404. The Morgan fingerprint density at radius 1 is 1.44 bits per heavy atom. The SMILES string of the molecule is Cl.O=S(=O)(Cc1cccnc1)CC1CCCNC1. The van der Waals surface area contributed by atoms with Crippen LogP contribution in [0.2, 0.25) is 0 Å². The number of aromatic nitrogens is 1. The minimum atomic E-state index is -3.01. The molecule has 1 fully saturated rings. The van der Waals surface area contributed by atoms with Gasteiger partial charge in [0.1, 0.15) is 0 Å². The molecule has 18 heavy (non-hydrogen) atoms. The van der Waals surface area contributed by atoms with Gasteiger partial charge in [-0.05, 0) is 43.5 Å². The fraction of sp³-hybridized carbons (Fsp3) is 0.583. The van der Waals surface area contributed by atoms with Crippen molar-refractivity contribution in [3.05, 3.63) is 30.1 Å². The average Bonchev–Trinajstić information content (AvgIpc) is 2.30. The quantitative estimate of drug-likeness (QED) is 0.911. The molecule has 0 aromatic carbocycles. The molecule has 0 aliphatic carbocycles. The number of nitrogens with zero attached hydrogens (tertiary/aromatic N) is 1. The van der Waals surface area contributed by atoms with Crippen molar-refractivity contribution in [1.29, 1.82) is 0 Å². The van der Waals surface area contributed by atoms with Gasteiger partial charge in [0.2, 0.25) is 0 Å². The van der Waals surface area contributed by atoms with Gasteiger partial charge in [0.15, 0.2) is 9.84 Å². The van der Waals surface area contributed by atoms with Crippen molar-refractivity contribution in [2.75, 3.05) is 18.8 Å². The molecule has 1 atom stereocenters. The Hall–Kier alpha value is -0.650. The molecule has 0 radical (unpaired) electrons. The van der Waals surface area contributed by atoms with E-state index >= 15 is 0 Å². The first-order valence-electron chi connectivity index (χ1n) is 5.96. The number of hydrogen-bond donors (Lipinski definition) is 1. The van der Waals surface area contributed by atoms with E-state index in [-0.39, 0.29) is 29.8 Å². The topological polar surface area (TPSA) is 59.1 Å². The molecule has 1 aromatic rings. The number of pyridine rings is 1. The third-order valence-electron chi connectivity index (χ3n) is 3.00. The second kappa shape index (κ2) is 7.07. The molecule has 2 heterocycles. The van der Waals surface area contributed by atoms with Gasteiger partial charge in [0.05, 0.1) is 11.5 Å². The molecular formula is C12H19ClN2O2S. The lowest BCUT2D eigenvalue weighted by Crippen LogP contribution is -2.34. The summed E-state index contributed by atoms with van der Waals surface area (Å²) >= 11 is 0. The van der Waals surface area contributed by atoms with Gasteiger partial charge in [-0.1, -0.05) is 6.07 Å². The highest BCUT2D eigenvalue weighted by atomic mass is 35.5. The van der Waals surface area contributed by atoms with Crippen molar-refractivity contribution in [3.63, 3.8) is 0 Å². The maximum Gasteiger partial charge on any atom is 0.154 e. The lowest BCUT2D eigenvalue weighted by atomic mass is 10.0. The summed E-state index contributed by atoms with van der Waals surface area (Å²) < 4.78 is 24.0. The lowest BCUT2D eigenvalue weighted by Gasteiger charge is -2.22. The summed E-state index contributed by atoms with van der Waals surface area (Å²) in [5, 5.41) is 3.24. The summed E-state index contributed by atoms with van der Waals surface area (Å²) in [6, 6.07) is 3.58. The van der Waals surface area contributed by atoms with E-state index in [1.165, 1.54) is 0 Å². The molecule has 0 amide bonds. The Morgan fingerprint density at radius 3 is 2.89 bits per heavy atom. The second-order valence-electron chi connectivity index (χ2n) is 4.63. The summed E-state index contributed by atoms with van der Waals surface area (Å²) in [4.78, 5) is 3.94. The zero-order valence-corrected chi connectivity index (χ0v) is 11.8. The molecule has 1 aliphatic heterocycles. The van der Waals surface area contributed by atoms with E-state index in [1.807, 2.05) is 6.07 Å². The molecule has 1 N–H and O–H groups in total. The molecule has 1 aromatic heterocycles. The van der Waals surface area contributed by atoms with Gasteiger partial charge >= 0.3 is 0 Å². The molecule has 102 valence electrons. The molecule has 6 heteroatoms. The number of rotatable bonds is 4. The van der Waals surface area contributed by atoms with Gasteiger partial charge in [-0.2, -0.15) is 0 Å². The van der Waals surface area contributed by atoms with Crippen LogP contribution in [0.3, 0.4) is 0 Å². The van der Waals surface area contributed by atoms with Crippen LogP contribution < -0.4 is 5.32 Å². The van der Waals surface area contributed by atoms with E-state index in [9.17, 15) is 8.42 Å². The van der Waals surface area contributed by atoms with Gasteiger partial charge < -0.3 is 5.32 Å². The van der Waals surface area contributed by atoms with Crippen LogP contribution in [0.25, 0.3) is 0 Å². The first-order chi connectivity index (χ1) is 8.16. The predicted octanol–water partition coefficient (Wildman–Crippen LogP) is 1.42. The molecule has 1 saturated heterocycles. The van der Waals surface area contributed by atoms with E-state index in [4.69, 9.17) is 0 Å². The molecule has 1 aliphatic rings. The molecule has 0 spiro atoms. The van der Waals surface area contributed by atoms with Crippen LogP contribution in [0.4, 0.5) is 0 Å². The van der Waals surface area contributed by atoms with E-state index in [0.29, 0.717) is 0 Å². The molecule has 4 nitrogen and oxygen atoms in total. The normalized spacial score (nSPS) is 20.1. The summed E-state index contributed by atoms with van der Waals surface area (Å²) in [6.07, 6.45) is 5.37. The summed E-state index contributed by atoms with van der Waals surface area (Å²) in [6.45, 7) is 1.84. The third kappa shape index (κ3) is 4.92. The highest BCUT2D eigenvalue weighted by molar-refractivity contribution is 7.90. The first-order valence-corrected chi connectivity index (χ1v) is 7.78. The van der Waals surface area contributed by atoms with E-state index < -0.39 is 9.84 Å². The van der Waals surface area contributed by atoms with Crippen LogP contribution in [-0.4, -0.2) is 32.2 Å². The second-order valence-corrected chi connectivity index (χ2v) is 6.74. The van der Waals surface area contributed by atoms with Crippen LogP contribution in [0.5, 0.6) is 0 Å². The fourth-order valence-corrected chi connectivity index (χ4v) is 4.02. The van der Waals surface area contributed by atoms with Crippen molar-refractivity contribution < 1.29 is 8.42 Å². The predicted molar refractivity (Wildman–Crippen MR) is 74.6 cm³/mol. The summed E-state index contributed by atoms with van der Waals surface area (Å²) in [5.74, 6) is 0.664. The molecular weight excluding hydrogens is 272 g/mol. The zero-order chi connectivity index (χ0) is 12.1. The molecule has 0 saturated carbocycles. The van der Waals surface area contributed by atoms with E-state index in [2.05, 4.69) is 10.3 Å². The molecule has 2 rings (SSSR count). The van der Waals surface area contributed by atoms with Crippen molar-refractivity contribution in [2.45, 2.75) is 18.6 Å². The van der Waals surface area contributed by atoms with Crippen LogP contribution in [-0.2, 0) is 15.6 Å². The van der Waals surface area contributed by atoms with E-state index in [1.54, 1.807) is 18.5 Å². The smallest absolute Gasteiger partial charge is 0.154 e. The van der Waals surface area contributed by atoms with Gasteiger partial charge in [-0.25, -0.2) is 8.42 Å². The Kier molecular flexibility index (Phi) is 6.05. The van der Waals surface area contributed by atoms with Crippen LogP contribution in [0.1, 0.15) is 18.4 Å². The Balaban J connectivity index is 0.00000162. The summed E-state index contributed by atoms with van der Waals surface area (Å²) in [5.41, 5.74) is 0.774. The van der Waals surface area contributed by atoms with Gasteiger partial charge in [-0.15, -0.1) is 12.4 Å².